The van der Waals surface area contributed by atoms with Crippen LogP contribution in [0.5, 0.6) is 0 Å². The smallest absolute Gasteiger partial charge is 0.174 e. The first-order valence-corrected chi connectivity index (χ1v) is 6.17. The van der Waals surface area contributed by atoms with Crippen molar-refractivity contribution in [2.24, 2.45) is 0 Å². The Morgan fingerprint density at radius 3 is 2.74 bits per heavy atom. The van der Waals surface area contributed by atoms with Crippen molar-refractivity contribution in [3.8, 4) is 5.82 Å². The molecule has 0 aliphatic carbocycles. The summed E-state index contributed by atoms with van der Waals surface area (Å²) in [5, 5.41) is 4.41. The Morgan fingerprint density at radius 1 is 1.32 bits per heavy atom. The minimum atomic E-state index is 0.655. The van der Waals surface area contributed by atoms with Gasteiger partial charge in [0.15, 0.2) is 5.82 Å². The van der Waals surface area contributed by atoms with Gasteiger partial charge in [-0.1, -0.05) is 0 Å². The second kappa shape index (κ2) is 5.79. The molecule has 0 N–H and O–H groups in total. The van der Waals surface area contributed by atoms with Crippen molar-refractivity contribution >= 4 is 5.82 Å². The molecule has 0 aliphatic heterocycles. The van der Waals surface area contributed by atoms with Gasteiger partial charge in [-0.3, -0.25) is 4.98 Å². The third-order valence-electron chi connectivity index (χ3n) is 2.86. The summed E-state index contributed by atoms with van der Waals surface area (Å²) in [6.07, 6.45) is 3.46. The zero-order valence-corrected chi connectivity index (χ0v) is 11.8. The van der Waals surface area contributed by atoms with Gasteiger partial charge in [-0.15, -0.1) is 0 Å². The Morgan fingerprint density at radius 2 is 2.11 bits per heavy atom. The molecule has 6 heteroatoms. The SMILES string of the molecule is COCCN(C)c1cncc(-n2nc(C)cc2C)n1. The van der Waals surface area contributed by atoms with Gasteiger partial charge in [0.25, 0.3) is 0 Å². The summed E-state index contributed by atoms with van der Waals surface area (Å²) in [7, 11) is 3.65. The van der Waals surface area contributed by atoms with Crippen molar-refractivity contribution in [3.05, 3.63) is 29.8 Å². The predicted molar refractivity (Wildman–Crippen MR) is 73.8 cm³/mol. The molecule has 0 fully saturated rings. The van der Waals surface area contributed by atoms with Crippen LogP contribution in [0, 0.1) is 13.8 Å². The van der Waals surface area contributed by atoms with Crippen molar-refractivity contribution < 1.29 is 4.74 Å². The molecule has 2 rings (SSSR count). The standard InChI is InChI=1S/C13H19N5O/c1-10-7-11(2)18(16-10)13-9-14-8-12(15-13)17(3)5-6-19-4/h7-9H,5-6H2,1-4H3. The van der Waals surface area contributed by atoms with E-state index in [1.807, 2.05) is 31.9 Å². The maximum atomic E-state index is 5.06. The Bertz CT molecular complexity index is 552. The molecule has 19 heavy (non-hydrogen) atoms. The van der Waals surface area contributed by atoms with E-state index in [1.54, 1.807) is 24.2 Å². The van der Waals surface area contributed by atoms with Gasteiger partial charge < -0.3 is 9.64 Å². The number of nitrogens with zero attached hydrogens (tertiary/aromatic N) is 5. The number of rotatable bonds is 5. The summed E-state index contributed by atoms with van der Waals surface area (Å²) in [4.78, 5) is 10.8. The van der Waals surface area contributed by atoms with Gasteiger partial charge in [0, 0.05) is 26.4 Å². The van der Waals surface area contributed by atoms with Crippen LogP contribution < -0.4 is 4.90 Å². The quantitative estimate of drug-likeness (QED) is 0.813. The lowest BCUT2D eigenvalue weighted by Crippen LogP contribution is -2.23. The fourth-order valence-electron chi connectivity index (χ4n) is 1.84. The largest absolute Gasteiger partial charge is 0.383 e. The topological polar surface area (TPSA) is 56.1 Å². The van der Waals surface area contributed by atoms with Crippen LogP contribution >= 0.6 is 0 Å². The lowest BCUT2D eigenvalue weighted by molar-refractivity contribution is 0.206. The van der Waals surface area contributed by atoms with Gasteiger partial charge in [-0.05, 0) is 19.9 Å². The van der Waals surface area contributed by atoms with Crippen LogP contribution in [0.3, 0.4) is 0 Å². The van der Waals surface area contributed by atoms with Crippen molar-refractivity contribution in [1.29, 1.82) is 0 Å². The van der Waals surface area contributed by atoms with E-state index in [0.717, 1.165) is 29.6 Å². The molecule has 0 amide bonds. The summed E-state index contributed by atoms with van der Waals surface area (Å²) in [6.45, 7) is 5.39. The maximum Gasteiger partial charge on any atom is 0.174 e. The molecule has 0 saturated heterocycles. The predicted octanol–water partition coefficient (Wildman–Crippen LogP) is 1.36. The minimum absolute atomic E-state index is 0.655. The fourth-order valence-corrected chi connectivity index (χ4v) is 1.84. The van der Waals surface area contributed by atoms with Gasteiger partial charge >= 0.3 is 0 Å². The average molecular weight is 261 g/mol. The summed E-state index contributed by atoms with van der Waals surface area (Å²) in [5.41, 5.74) is 2.01. The molecule has 0 radical (unpaired) electrons. The van der Waals surface area contributed by atoms with Gasteiger partial charge in [0.2, 0.25) is 0 Å². The number of likely N-dealkylation sites (N-methyl/N-ethyl adjacent to an activating group) is 1. The van der Waals surface area contributed by atoms with Crippen LogP contribution in [-0.4, -0.2) is 47.1 Å². The summed E-state index contributed by atoms with van der Waals surface area (Å²) in [5.74, 6) is 1.54. The van der Waals surface area contributed by atoms with Crippen molar-refractivity contribution in [2.75, 3.05) is 32.2 Å². The first kappa shape index (κ1) is 13.5. The summed E-state index contributed by atoms with van der Waals surface area (Å²) in [6, 6.07) is 2.02. The van der Waals surface area contributed by atoms with Crippen molar-refractivity contribution in [1.82, 2.24) is 19.7 Å². The van der Waals surface area contributed by atoms with E-state index < -0.39 is 0 Å². The summed E-state index contributed by atoms with van der Waals surface area (Å²) >= 11 is 0. The lowest BCUT2D eigenvalue weighted by Gasteiger charge is -2.17. The van der Waals surface area contributed by atoms with Gasteiger partial charge in [0.05, 0.1) is 24.7 Å². The zero-order valence-electron chi connectivity index (χ0n) is 11.8. The molecule has 0 bridgehead atoms. The minimum Gasteiger partial charge on any atom is -0.383 e. The fraction of sp³-hybridized carbons (Fsp3) is 0.462. The van der Waals surface area contributed by atoms with Crippen LogP contribution in [-0.2, 0) is 4.74 Å². The zero-order chi connectivity index (χ0) is 13.8. The molecule has 0 aromatic carbocycles. The Hall–Kier alpha value is -1.95. The molecule has 0 atom stereocenters. The monoisotopic (exact) mass is 261 g/mol. The molecule has 0 spiro atoms. The number of methoxy groups -OCH3 is 1. The molecule has 0 aliphatic rings. The first-order valence-electron chi connectivity index (χ1n) is 6.17. The molecular formula is C13H19N5O. The third kappa shape index (κ3) is 3.08. The highest BCUT2D eigenvalue weighted by molar-refractivity contribution is 5.38. The van der Waals surface area contributed by atoms with E-state index in [0.29, 0.717) is 6.61 Å². The van der Waals surface area contributed by atoms with E-state index in [1.165, 1.54) is 0 Å². The second-order valence-corrected chi connectivity index (χ2v) is 4.49. The van der Waals surface area contributed by atoms with Gasteiger partial charge in [0.1, 0.15) is 5.82 Å². The van der Waals surface area contributed by atoms with E-state index >= 15 is 0 Å². The van der Waals surface area contributed by atoms with Crippen LogP contribution in [0.4, 0.5) is 5.82 Å². The molecule has 102 valence electrons. The van der Waals surface area contributed by atoms with Crippen LogP contribution in [0.2, 0.25) is 0 Å². The average Bonchev–Trinajstić information content (AvgIpc) is 2.75. The van der Waals surface area contributed by atoms with Crippen LogP contribution in [0.25, 0.3) is 5.82 Å². The molecule has 6 nitrogen and oxygen atoms in total. The van der Waals surface area contributed by atoms with E-state index in [-0.39, 0.29) is 0 Å². The maximum absolute atomic E-state index is 5.06. The number of anilines is 1. The number of ether oxygens (including phenoxy) is 1. The molecule has 2 aromatic rings. The molecular weight excluding hydrogens is 242 g/mol. The highest BCUT2D eigenvalue weighted by Crippen LogP contribution is 2.13. The number of hydrogen-bond donors (Lipinski definition) is 0. The Kier molecular flexibility index (Phi) is 4.11. The van der Waals surface area contributed by atoms with Crippen molar-refractivity contribution in [2.45, 2.75) is 13.8 Å². The van der Waals surface area contributed by atoms with Crippen LogP contribution in [0.15, 0.2) is 18.5 Å². The third-order valence-corrected chi connectivity index (χ3v) is 2.86. The Labute approximate surface area is 113 Å². The molecule has 0 unspecified atom stereocenters. The number of aromatic nitrogens is 4. The normalized spacial score (nSPS) is 10.7. The highest BCUT2D eigenvalue weighted by atomic mass is 16.5. The second-order valence-electron chi connectivity index (χ2n) is 4.49. The van der Waals surface area contributed by atoms with Crippen molar-refractivity contribution in [3.63, 3.8) is 0 Å². The van der Waals surface area contributed by atoms with Gasteiger partial charge in [-0.25, -0.2) is 9.67 Å². The van der Waals surface area contributed by atoms with E-state index in [9.17, 15) is 0 Å². The van der Waals surface area contributed by atoms with Gasteiger partial charge in [-0.2, -0.15) is 5.10 Å². The molecule has 0 saturated carbocycles. The van der Waals surface area contributed by atoms with E-state index in [4.69, 9.17) is 4.74 Å². The number of hydrogen-bond acceptors (Lipinski definition) is 5. The number of aryl methyl sites for hydroxylation is 2. The summed E-state index contributed by atoms with van der Waals surface area (Å²) < 4.78 is 6.87. The van der Waals surface area contributed by atoms with E-state index in [2.05, 4.69) is 15.1 Å². The molecule has 2 aromatic heterocycles. The highest BCUT2D eigenvalue weighted by Gasteiger charge is 2.08. The Balaban J connectivity index is 2.26. The molecule has 2 heterocycles. The lowest BCUT2D eigenvalue weighted by atomic mass is 10.4. The van der Waals surface area contributed by atoms with Crippen LogP contribution in [0.1, 0.15) is 11.4 Å². The first-order chi connectivity index (χ1) is 9.11.